The first kappa shape index (κ1) is 9.18. The van der Waals surface area contributed by atoms with Crippen LogP contribution in [0.5, 0.6) is 0 Å². The summed E-state index contributed by atoms with van der Waals surface area (Å²) in [5.41, 5.74) is 0. The molecule has 1 heterocycles. The Balaban J connectivity index is 2.81. The molecule has 0 aromatic heterocycles. The van der Waals surface area contributed by atoms with Crippen molar-refractivity contribution >= 4 is 22.0 Å². The van der Waals surface area contributed by atoms with Crippen molar-refractivity contribution in [1.82, 2.24) is 5.32 Å². The van der Waals surface area contributed by atoms with Gasteiger partial charge in [-0.3, -0.25) is 9.59 Å². The number of hydrogen-bond acceptors (Lipinski definition) is 3. The number of amides is 2. The second-order valence-corrected chi connectivity index (χ2v) is 5.23. The molecule has 0 aliphatic carbocycles. The zero-order valence-corrected chi connectivity index (χ0v) is 7.47. The molecule has 0 spiro atoms. The predicted molar refractivity (Wildman–Crippen MR) is 44.0 cm³/mol. The van der Waals surface area contributed by atoms with E-state index >= 15 is 0 Å². The van der Waals surface area contributed by atoms with Crippen molar-refractivity contribution in [1.29, 1.82) is 0 Å². The van der Waals surface area contributed by atoms with Crippen LogP contribution >= 0.6 is 0 Å². The summed E-state index contributed by atoms with van der Waals surface area (Å²) in [6.07, 6.45) is 2.32. The van der Waals surface area contributed by atoms with E-state index in [1.807, 2.05) is 0 Å². The minimum absolute atomic E-state index is 0.365. The van der Waals surface area contributed by atoms with Gasteiger partial charge in [0.25, 0.3) is 5.91 Å². The van der Waals surface area contributed by atoms with Gasteiger partial charge in [0, 0.05) is 12.0 Å². The molecule has 0 saturated carbocycles. The van der Waals surface area contributed by atoms with Crippen molar-refractivity contribution in [2.75, 3.05) is 12.0 Å². The third-order valence-corrected chi connectivity index (χ3v) is 3.20. The summed E-state index contributed by atoms with van der Waals surface area (Å²) in [4.78, 5) is 21.0. The molecule has 1 rings (SSSR count). The lowest BCUT2D eigenvalue weighted by Crippen LogP contribution is -2.39. The van der Waals surface area contributed by atoms with Crippen molar-refractivity contribution in [3.63, 3.8) is 0 Å². The minimum Gasteiger partial charge on any atom is -0.347 e. The summed E-state index contributed by atoms with van der Waals surface area (Å²) >= 11 is 0. The molecule has 1 N–H and O–H groups in total. The Morgan fingerprint density at radius 1 is 1.75 bits per heavy atom. The average Bonchev–Trinajstić information content (AvgIpc) is 1.94. The predicted octanol–water partition coefficient (Wildman–Crippen LogP) is -0.871. The summed E-state index contributed by atoms with van der Waals surface area (Å²) in [5.74, 6) is -0.120. The first-order valence-electron chi connectivity index (χ1n) is 3.48. The van der Waals surface area contributed by atoms with Crippen LogP contribution in [0.1, 0.15) is 6.42 Å². The van der Waals surface area contributed by atoms with Crippen LogP contribution in [0.3, 0.4) is 0 Å². The highest BCUT2D eigenvalue weighted by molar-refractivity contribution is 7.93. The topological polar surface area (TPSA) is 75.6 Å². The second-order valence-electron chi connectivity index (χ2n) is 2.72. The summed E-state index contributed by atoms with van der Waals surface area (Å²) in [6, 6.07) is -0.572. The van der Waals surface area contributed by atoms with Gasteiger partial charge in [0.05, 0.1) is 9.73 Å². The number of nitrogens with one attached hydrogen (secondary N) is 1. The van der Waals surface area contributed by atoms with E-state index in [9.17, 15) is 13.8 Å². The zero-order valence-electron chi connectivity index (χ0n) is 6.65. The van der Waals surface area contributed by atoms with E-state index in [0.29, 0.717) is 18.6 Å². The average molecular weight is 190 g/mol. The van der Waals surface area contributed by atoms with Gasteiger partial charge < -0.3 is 5.32 Å². The van der Waals surface area contributed by atoms with Crippen LogP contribution in [0.4, 0.5) is 0 Å². The van der Waals surface area contributed by atoms with Crippen LogP contribution < -0.4 is 5.32 Å². The van der Waals surface area contributed by atoms with Crippen LogP contribution in [-0.2, 0) is 19.3 Å². The molecule has 0 saturated heterocycles. The SMILES string of the molecule is CS1(=O)=NC(=O)C(NC=O)CC1. The molecule has 68 valence electrons. The van der Waals surface area contributed by atoms with Gasteiger partial charge in [-0.15, -0.1) is 0 Å². The molecule has 0 radical (unpaired) electrons. The van der Waals surface area contributed by atoms with Gasteiger partial charge in [0.1, 0.15) is 6.04 Å². The Kier molecular flexibility index (Phi) is 2.46. The molecule has 6 heteroatoms. The Hall–Kier alpha value is -0.910. The maximum atomic E-state index is 11.3. The standard InChI is InChI=1S/C6H10N2O3S/c1-12(11)3-2-5(7-4-9)6(10)8-12/h4-5H,2-3H2,1H3,(H,7,9). The van der Waals surface area contributed by atoms with Crippen molar-refractivity contribution in [2.45, 2.75) is 12.5 Å². The van der Waals surface area contributed by atoms with Crippen LogP contribution in [-0.4, -0.2) is 34.6 Å². The maximum absolute atomic E-state index is 11.3. The summed E-state index contributed by atoms with van der Waals surface area (Å²) in [5, 5.41) is 2.32. The van der Waals surface area contributed by atoms with Gasteiger partial charge in [-0.1, -0.05) is 0 Å². The Morgan fingerprint density at radius 3 is 2.92 bits per heavy atom. The highest BCUT2D eigenvalue weighted by Crippen LogP contribution is 2.08. The molecular weight excluding hydrogens is 180 g/mol. The van der Waals surface area contributed by atoms with Crippen LogP contribution in [0.2, 0.25) is 0 Å². The van der Waals surface area contributed by atoms with Gasteiger partial charge in [0.2, 0.25) is 6.41 Å². The maximum Gasteiger partial charge on any atom is 0.276 e. The summed E-state index contributed by atoms with van der Waals surface area (Å²) in [6.45, 7) is 0. The first-order chi connectivity index (χ1) is 5.55. The molecule has 0 aromatic carbocycles. The monoisotopic (exact) mass is 190 g/mol. The van der Waals surface area contributed by atoms with E-state index in [4.69, 9.17) is 0 Å². The normalized spacial score (nSPS) is 35.4. The molecule has 0 bridgehead atoms. The Bertz CT molecular complexity index is 317. The molecular formula is C6H10N2O3S. The van der Waals surface area contributed by atoms with E-state index < -0.39 is 21.7 Å². The number of carbonyl (C=O) groups is 2. The molecule has 0 aromatic rings. The smallest absolute Gasteiger partial charge is 0.276 e. The quantitative estimate of drug-likeness (QED) is 0.575. The number of hydrogen-bond donors (Lipinski definition) is 1. The van der Waals surface area contributed by atoms with Crippen molar-refractivity contribution < 1.29 is 13.8 Å². The molecule has 2 amide bonds. The van der Waals surface area contributed by atoms with E-state index in [0.717, 1.165) is 0 Å². The molecule has 2 unspecified atom stereocenters. The third kappa shape index (κ3) is 2.04. The van der Waals surface area contributed by atoms with Crippen molar-refractivity contribution in [3.05, 3.63) is 0 Å². The molecule has 12 heavy (non-hydrogen) atoms. The van der Waals surface area contributed by atoms with Gasteiger partial charge in [-0.05, 0) is 6.42 Å². The van der Waals surface area contributed by atoms with Crippen LogP contribution in [0.15, 0.2) is 4.36 Å². The second kappa shape index (κ2) is 3.22. The summed E-state index contributed by atoms with van der Waals surface area (Å²) in [7, 11) is -2.31. The Morgan fingerprint density at radius 2 is 2.42 bits per heavy atom. The highest BCUT2D eigenvalue weighted by Gasteiger charge is 2.24. The lowest BCUT2D eigenvalue weighted by atomic mass is 10.2. The highest BCUT2D eigenvalue weighted by atomic mass is 32.2. The molecule has 1 aliphatic rings. The van der Waals surface area contributed by atoms with Gasteiger partial charge in [-0.25, -0.2) is 4.21 Å². The lowest BCUT2D eigenvalue weighted by Gasteiger charge is -2.17. The first-order valence-corrected chi connectivity index (χ1v) is 5.58. The van der Waals surface area contributed by atoms with Crippen molar-refractivity contribution in [3.8, 4) is 0 Å². The van der Waals surface area contributed by atoms with Crippen LogP contribution in [0.25, 0.3) is 0 Å². The fourth-order valence-corrected chi connectivity index (χ4v) is 2.27. The fourth-order valence-electron chi connectivity index (χ4n) is 0.996. The zero-order chi connectivity index (χ0) is 9.19. The summed E-state index contributed by atoms with van der Waals surface area (Å²) < 4.78 is 14.7. The molecule has 5 nitrogen and oxygen atoms in total. The van der Waals surface area contributed by atoms with E-state index in [1.165, 1.54) is 6.26 Å². The van der Waals surface area contributed by atoms with Gasteiger partial charge in [-0.2, -0.15) is 4.36 Å². The Labute approximate surface area is 70.7 Å². The van der Waals surface area contributed by atoms with Crippen molar-refractivity contribution in [2.24, 2.45) is 4.36 Å². The number of carbonyl (C=O) groups excluding carboxylic acids is 2. The van der Waals surface area contributed by atoms with Crippen LogP contribution in [0, 0.1) is 0 Å². The number of rotatable bonds is 2. The van der Waals surface area contributed by atoms with E-state index in [2.05, 4.69) is 9.68 Å². The van der Waals surface area contributed by atoms with Gasteiger partial charge in [0.15, 0.2) is 0 Å². The van der Waals surface area contributed by atoms with Gasteiger partial charge >= 0.3 is 0 Å². The largest absolute Gasteiger partial charge is 0.347 e. The fraction of sp³-hybridized carbons (Fsp3) is 0.667. The molecule has 1 aliphatic heterocycles. The third-order valence-electron chi connectivity index (χ3n) is 1.64. The van der Waals surface area contributed by atoms with E-state index in [-0.39, 0.29) is 0 Å². The lowest BCUT2D eigenvalue weighted by molar-refractivity contribution is -0.122. The minimum atomic E-state index is -2.31. The molecule has 2 atom stereocenters. The number of nitrogens with zero attached hydrogens (tertiary/aromatic N) is 1. The van der Waals surface area contributed by atoms with E-state index in [1.54, 1.807) is 0 Å². The molecule has 0 fully saturated rings.